The zero-order chi connectivity index (χ0) is 12.6. The van der Waals surface area contributed by atoms with E-state index in [9.17, 15) is 9.59 Å². The first-order chi connectivity index (χ1) is 7.99. The molecule has 2 rings (SSSR count). The van der Waals surface area contributed by atoms with Gasteiger partial charge in [-0.3, -0.25) is 9.59 Å². The summed E-state index contributed by atoms with van der Waals surface area (Å²) < 4.78 is 0. The van der Waals surface area contributed by atoms with Gasteiger partial charge in [-0.25, -0.2) is 0 Å². The number of carboxylic acid groups (broad SMARTS) is 1. The molecule has 2 fully saturated rings. The second-order valence-corrected chi connectivity index (χ2v) is 5.38. The van der Waals surface area contributed by atoms with E-state index in [4.69, 9.17) is 5.11 Å². The Labute approximate surface area is 101 Å². The number of carbonyl (C=O) groups excluding carboxylic acids is 1. The second kappa shape index (κ2) is 4.64. The Bertz CT molecular complexity index is 326. The predicted molar refractivity (Wildman–Crippen MR) is 62.5 cm³/mol. The van der Waals surface area contributed by atoms with Gasteiger partial charge in [0.25, 0.3) is 0 Å². The van der Waals surface area contributed by atoms with E-state index in [0.29, 0.717) is 13.1 Å². The van der Waals surface area contributed by atoms with Crippen molar-refractivity contribution < 1.29 is 14.7 Å². The predicted octanol–water partition coefficient (Wildman–Crippen LogP) is 0.117. The lowest BCUT2D eigenvalue weighted by molar-refractivity contribution is -0.152. The largest absolute Gasteiger partial charge is 0.481 e. The highest BCUT2D eigenvalue weighted by Gasteiger charge is 2.40. The minimum atomic E-state index is -0.761. The van der Waals surface area contributed by atoms with Crippen molar-refractivity contribution in [2.24, 2.45) is 17.8 Å². The highest BCUT2D eigenvalue weighted by molar-refractivity contribution is 5.80. The summed E-state index contributed by atoms with van der Waals surface area (Å²) in [5.74, 6) is -0.632. The fourth-order valence-electron chi connectivity index (χ4n) is 2.61. The maximum atomic E-state index is 12.1. The molecule has 2 atom stereocenters. The van der Waals surface area contributed by atoms with E-state index in [2.05, 4.69) is 4.90 Å². The molecular weight excluding hydrogens is 220 g/mol. The van der Waals surface area contributed by atoms with Gasteiger partial charge in [-0.05, 0) is 20.0 Å². The van der Waals surface area contributed by atoms with Crippen LogP contribution in [0.3, 0.4) is 0 Å². The monoisotopic (exact) mass is 240 g/mol. The van der Waals surface area contributed by atoms with Crippen LogP contribution in [-0.4, -0.2) is 60.0 Å². The molecule has 17 heavy (non-hydrogen) atoms. The maximum Gasteiger partial charge on any atom is 0.306 e. The molecule has 0 aromatic rings. The number of amides is 1. The fraction of sp³-hybridized carbons (Fsp3) is 0.833. The molecule has 0 aromatic heterocycles. The normalized spacial score (nSPS) is 27.9. The molecule has 5 nitrogen and oxygen atoms in total. The number of carbonyl (C=O) groups is 2. The average molecular weight is 240 g/mol. The Hall–Kier alpha value is -1.10. The zero-order valence-corrected chi connectivity index (χ0v) is 10.4. The topological polar surface area (TPSA) is 60.9 Å². The van der Waals surface area contributed by atoms with Crippen LogP contribution in [0.5, 0.6) is 0 Å². The molecule has 2 aliphatic heterocycles. The lowest BCUT2D eigenvalue weighted by atomic mass is 9.86. The van der Waals surface area contributed by atoms with E-state index in [-0.39, 0.29) is 23.7 Å². The summed E-state index contributed by atoms with van der Waals surface area (Å²) in [6.45, 7) is 4.78. The lowest BCUT2D eigenvalue weighted by Crippen LogP contribution is -2.55. The molecule has 2 heterocycles. The minimum Gasteiger partial charge on any atom is -0.481 e. The van der Waals surface area contributed by atoms with Crippen LogP contribution in [0.15, 0.2) is 0 Å². The summed E-state index contributed by atoms with van der Waals surface area (Å²) in [5.41, 5.74) is 0. The Morgan fingerprint density at radius 3 is 2.41 bits per heavy atom. The summed E-state index contributed by atoms with van der Waals surface area (Å²) in [7, 11) is 2.03. The molecule has 0 aliphatic carbocycles. The molecule has 0 aromatic carbocycles. The average Bonchev–Trinajstić information content (AvgIpc) is 2.62. The molecule has 5 heteroatoms. The Balaban J connectivity index is 1.79. The molecule has 2 unspecified atom stereocenters. The van der Waals surface area contributed by atoms with Gasteiger partial charge >= 0.3 is 5.97 Å². The van der Waals surface area contributed by atoms with Crippen molar-refractivity contribution >= 4 is 11.9 Å². The third-order valence-corrected chi connectivity index (χ3v) is 4.06. The van der Waals surface area contributed by atoms with Crippen molar-refractivity contribution in [3.8, 4) is 0 Å². The van der Waals surface area contributed by atoms with Crippen molar-refractivity contribution in [2.45, 2.75) is 13.3 Å². The van der Waals surface area contributed by atoms with E-state index in [1.165, 1.54) is 0 Å². The molecule has 0 spiro atoms. The molecular formula is C12H20N2O3. The van der Waals surface area contributed by atoms with E-state index in [0.717, 1.165) is 19.5 Å². The van der Waals surface area contributed by atoms with E-state index in [1.807, 2.05) is 11.9 Å². The summed E-state index contributed by atoms with van der Waals surface area (Å²) in [5, 5.41) is 8.88. The van der Waals surface area contributed by atoms with E-state index < -0.39 is 5.97 Å². The van der Waals surface area contributed by atoms with Crippen LogP contribution < -0.4 is 0 Å². The number of rotatable bonds is 3. The number of aliphatic carboxylic acids is 1. The molecule has 0 saturated carbocycles. The van der Waals surface area contributed by atoms with Gasteiger partial charge < -0.3 is 14.9 Å². The quantitative estimate of drug-likeness (QED) is 0.761. The first kappa shape index (κ1) is 12.4. The molecule has 1 amide bonds. The molecule has 1 N–H and O–H groups in total. The fourth-order valence-corrected chi connectivity index (χ4v) is 2.61. The Morgan fingerprint density at radius 2 is 1.94 bits per heavy atom. The molecule has 2 saturated heterocycles. The third kappa shape index (κ3) is 2.44. The minimum absolute atomic E-state index is 0.126. The summed E-state index contributed by atoms with van der Waals surface area (Å²) >= 11 is 0. The standard InChI is InChI=1S/C12H20N2O3/c1-8(12(16)17)10-6-14(7-10)11(15)9-3-4-13(2)5-9/h8-10H,3-7H2,1-2H3,(H,16,17). The van der Waals surface area contributed by atoms with Gasteiger partial charge in [-0.15, -0.1) is 0 Å². The smallest absolute Gasteiger partial charge is 0.306 e. The van der Waals surface area contributed by atoms with Crippen LogP contribution in [0.1, 0.15) is 13.3 Å². The molecule has 2 aliphatic rings. The van der Waals surface area contributed by atoms with Gasteiger partial charge in [0, 0.05) is 25.6 Å². The van der Waals surface area contributed by atoms with Gasteiger partial charge in [0.1, 0.15) is 0 Å². The first-order valence-corrected chi connectivity index (χ1v) is 6.19. The molecule has 96 valence electrons. The van der Waals surface area contributed by atoms with Gasteiger partial charge in [0.2, 0.25) is 5.91 Å². The van der Waals surface area contributed by atoms with Gasteiger partial charge in [-0.1, -0.05) is 6.92 Å². The van der Waals surface area contributed by atoms with Crippen LogP contribution in [-0.2, 0) is 9.59 Å². The van der Waals surface area contributed by atoms with Crippen molar-refractivity contribution in [3.05, 3.63) is 0 Å². The lowest BCUT2D eigenvalue weighted by Gasteiger charge is -2.42. The zero-order valence-electron chi connectivity index (χ0n) is 10.4. The highest BCUT2D eigenvalue weighted by atomic mass is 16.4. The highest BCUT2D eigenvalue weighted by Crippen LogP contribution is 2.27. The maximum absolute atomic E-state index is 12.1. The van der Waals surface area contributed by atoms with Gasteiger partial charge in [0.15, 0.2) is 0 Å². The summed E-state index contributed by atoms with van der Waals surface area (Å²) in [6.07, 6.45) is 0.936. The van der Waals surface area contributed by atoms with E-state index >= 15 is 0 Å². The Kier molecular flexibility index (Phi) is 3.38. The SMILES string of the molecule is CC(C(=O)O)C1CN(C(=O)C2CCN(C)C2)C1. The third-order valence-electron chi connectivity index (χ3n) is 4.06. The number of nitrogens with zero attached hydrogens (tertiary/aromatic N) is 2. The van der Waals surface area contributed by atoms with E-state index in [1.54, 1.807) is 6.92 Å². The van der Waals surface area contributed by atoms with Crippen molar-refractivity contribution in [1.82, 2.24) is 9.80 Å². The second-order valence-electron chi connectivity index (χ2n) is 5.38. The molecule has 0 bridgehead atoms. The Morgan fingerprint density at radius 1 is 1.29 bits per heavy atom. The number of hydrogen-bond donors (Lipinski definition) is 1. The van der Waals surface area contributed by atoms with Crippen LogP contribution in [0.2, 0.25) is 0 Å². The van der Waals surface area contributed by atoms with Crippen molar-refractivity contribution in [1.29, 1.82) is 0 Å². The molecule has 0 radical (unpaired) electrons. The van der Waals surface area contributed by atoms with Crippen LogP contribution in [0.25, 0.3) is 0 Å². The van der Waals surface area contributed by atoms with Crippen LogP contribution >= 0.6 is 0 Å². The van der Waals surface area contributed by atoms with Gasteiger partial charge in [-0.2, -0.15) is 0 Å². The van der Waals surface area contributed by atoms with Crippen LogP contribution in [0, 0.1) is 17.8 Å². The summed E-state index contributed by atoms with van der Waals surface area (Å²) in [4.78, 5) is 26.8. The van der Waals surface area contributed by atoms with Gasteiger partial charge in [0.05, 0.1) is 11.8 Å². The van der Waals surface area contributed by atoms with Crippen molar-refractivity contribution in [3.63, 3.8) is 0 Å². The van der Waals surface area contributed by atoms with Crippen molar-refractivity contribution in [2.75, 3.05) is 33.2 Å². The number of hydrogen-bond acceptors (Lipinski definition) is 3. The number of carboxylic acids is 1. The number of likely N-dealkylation sites (tertiary alicyclic amines) is 2. The summed E-state index contributed by atoms with van der Waals surface area (Å²) in [6, 6.07) is 0. The van der Waals surface area contributed by atoms with Crippen LogP contribution in [0.4, 0.5) is 0 Å². The first-order valence-electron chi connectivity index (χ1n) is 6.19.